The van der Waals surface area contributed by atoms with Gasteiger partial charge in [0.2, 0.25) is 5.91 Å². The predicted octanol–water partition coefficient (Wildman–Crippen LogP) is 4.64. The lowest BCUT2D eigenvalue weighted by Gasteiger charge is -2.38. The van der Waals surface area contributed by atoms with Crippen molar-refractivity contribution in [1.82, 2.24) is 15.1 Å². The van der Waals surface area contributed by atoms with E-state index in [4.69, 9.17) is 4.74 Å². The number of hydrogen-bond acceptors (Lipinski definition) is 6. The van der Waals surface area contributed by atoms with Gasteiger partial charge in [0.1, 0.15) is 5.75 Å². The molecule has 3 amide bonds. The van der Waals surface area contributed by atoms with Crippen LogP contribution in [0.4, 0.5) is 15.3 Å². The number of hydrogen-bond donors (Lipinski definition) is 2. The number of ether oxygens (including phenoxy) is 2. The number of aryl methyl sites for hydroxylation is 1. The van der Waals surface area contributed by atoms with Crippen molar-refractivity contribution in [3.05, 3.63) is 59.2 Å². The molecule has 1 saturated carbocycles. The first-order valence-corrected chi connectivity index (χ1v) is 14.3. The maximum Gasteiger partial charge on any atom is 0.407 e. The van der Waals surface area contributed by atoms with Crippen LogP contribution in [0.25, 0.3) is 0 Å². The third-order valence-corrected chi connectivity index (χ3v) is 8.24. The first-order chi connectivity index (χ1) is 19.6. The summed E-state index contributed by atoms with van der Waals surface area (Å²) >= 11 is 0. The van der Waals surface area contributed by atoms with Crippen LogP contribution in [-0.2, 0) is 22.6 Å². The highest BCUT2D eigenvalue weighted by molar-refractivity contribution is 5.94. The Morgan fingerprint density at radius 3 is 2.49 bits per heavy atom. The highest BCUT2D eigenvalue weighted by Crippen LogP contribution is 2.31. The number of nitrogens with one attached hydrogen (secondary N) is 1. The predicted molar refractivity (Wildman–Crippen MR) is 156 cm³/mol. The second-order valence-corrected chi connectivity index (χ2v) is 11.2. The van der Waals surface area contributed by atoms with Crippen LogP contribution in [0.2, 0.25) is 0 Å². The molecule has 0 unspecified atom stereocenters. The van der Waals surface area contributed by atoms with Gasteiger partial charge in [0.25, 0.3) is 0 Å². The van der Waals surface area contributed by atoms with Gasteiger partial charge < -0.3 is 29.7 Å². The minimum atomic E-state index is -0.858. The summed E-state index contributed by atoms with van der Waals surface area (Å²) in [5, 5.41) is 12.0. The Kier molecular flexibility index (Phi) is 10.1. The second kappa shape index (κ2) is 13.7. The number of rotatable bonds is 8. The van der Waals surface area contributed by atoms with Crippen molar-refractivity contribution in [2.45, 2.75) is 64.8 Å². The first kappa shape index (κ1) is 30.2. The van der Waals surface area contributed by atoms with Gasteiger partial charge in [-0.15, -0.1) is 0 Å². The van der Waals surface area contributed by atoms with Gasteiger partial charge in [-0.25, -0.2) is 9.59 Å². The molecule has 2 N–H and O–H groups in total. The van der Waals surface area contributed by atoms with Gasteiger partial charge in [-0.3, -0.25) is 9.69 Å². The third kappa shape index (κ3) is 7.91. The smallest absolute Gasteiger partial charge is 0.407 e. The molecule has 1 aliphatic heterocycles. The zero-order valence-corrected chi connectivity index (χ0v) is 24.5. The van der Waals surface area contributed by atoms with Crippen LogP contribution in [0.1, 0.15) is 49.3 Å². The van der Waals surface area contributed by atoms with E-state index in [-0.39, 0.29) is 24.0 Å². The molecule has 41 heavy (non-hydrogen) atoms. The standard InChI is InChI=1S/C31H42N4O6/c1-21-16-26(11-8-25(21)20-34-14-15-35(31(38)39)22(2)19-34)33(3)29(36)24-9-12-27(13-10-24)41-28-7-5-6-23(17-28)18-32-30(37)40-4/h5-8,11,16-17,22,24,27H,9-10,12-15,18-20H2,1-4H3,(H,32,37)(H,38,39)/t22-,24?,27?/m0/s1. The molecule has 0 bridgehead atoms. The van der Waals surface area contributed by atoms with Crippen molar-refractivity contribution in [1.29, 1.82) is 0 Å². The van der Waals surface area contributed by atoms with Crippen molar-refractivity contribution >= 4 is 23.8 Å². The molecule has 2 aromatic carbocycles. The van der Waals surface area contributed by atoms with Gasteiger partial charge in [0.15, 0.2) is 0 Å². The molecule has 1 saturated heterocycles. The largest absolute Gasteiger partial charge is 0.490 e. The molecule has 1 aliphatic carbocycles. The summed E-state index contributed by atoms with van der Waals surface area (Å²) in [6, 6.07) is 13.8. The van der Waals surface area contributed by atoms with Crippen molar-refractivity contribution in [2.75, 3.05) is 38.7 Å². The van der Waals surface area contributed by atoms with Gasteiger partial charge in [0.05, 0.1) is 13.2 Å². The lowest BCUT2D eigenvalue weighted by atomic mass is 9.86. The SMILES string of the molecule is COC(=O)NCc1cccc(OC2CCC(C(=O)N(C)c3ccc(CN4CCN(C(=O)O)[C@@H](C)C4)c(C)c3)CC2)c1. The monoisotopic (exact) mass is 566 g/mol. The van der Waals surface area contributed by atoms with Crippen molar-refractivity contribution in [3.8, 4) is 5.75 Å². The van der Waals surface area contributed by atoms with Crippen molar-refractivity contribution in [3.63, 3.8) is 0 Å². The minimum absolute atomic E-state index is 0.0365. The van der Waals surface area contributed by atoms with Gasteiger partial charge in [-0.05, 0) is 80.5 Å². The van der Waals surface area contributed by atoms with Crippen LogP contribution in [0, 0.1) is 12.8 Å². The molecule has 0 radical (unpaired) electrons. The Labute approximate surface area is 242 Å². The van der Waals surface area contributed by atoms with Crippen LogP contribution in [0.5, 0.6) is 5.75 Å². The fraction of sp³-hybridized carbons (Fsp3) is 0.516. The summed E-state index contributed by atoms with van der Waals surface area (Å²) in [6.45, 7) is 7.06. The summed E-state index contributed by atoms with van der Waals surface area (Å²) in [6.07, 6.45) is 1.88. The van der Waals surface area contributed by atoms with Gasteiger partial charge in [-0.2, -0.15) is 0 Å². The molecule has 0 aromatic heterocycles. The van der Waals surface area contributed by atoms with E-state index in [2.05, 4.69) is 34.0 Å². The van der Waals surface area contributed by atoms with Crippen LogP contribution in [0.3, 0.4) is 0 Å². The topological polar surface area (TPSA) is 112 Å². The van der Waals surface area contributed by atoms with Crippen molar-refractivity contribution < 1.29 is 29.0 Å². The summed E-state index contributed by atoms with van der Waals surface area (Å²) in [7, 11) is 3.18. The van der Waals surface area contributed by atoms with Gasteiger partial charge in [0, 0.05) is 57.4 Å². The Bertz CT molecular complexity index is 1230. The maximum absolute atomic E-state index is 13.4. The van der Waals surface area contributed by atoms with Crippen LogP contribution in [-0.4, -0.2) is 78.9 Å². The number of carbonyl (C=O) groups excluding carboxylic acids is 2. The zero-order valence-electron chi connectivity index (χ0n) is 24.5. The quantitative estimate of drug-likeness (QED) is 0.479. The molecule has 1 atom stereocenters. The number of carboxylic acid groups (broad SMARTS) is 1. The summed E-state index contributed by atoms with van der Waals surface area (Å²) in [5.74, 6) is 0.849. The number of nitrogens with zero attached hydrogens (tertiary/aromatic N) is 3. The molecule has 1 heterocycles. The highest BCUT2D eigenvalue weighted by Gasteiger charge is 2.30. The first-order valence-electron chi connectivity index (χ1n) is 14.3. The van der Waals surface area contributed by atoms with Crippen LogP contribution in [0.15, 0.2) is 42.5 Å². The van der Waals surface area contributed by atoms with Crippen LogP contribution >= 0.6 is 0 Å². The van der Waals surface area contributed by atoms with E-state index < -0.39 is 12.2 Å². The molecular formula is C31H42N4O6. The van der Waals surface area contributed by atoms with E-state index in [0.717, 1.165) is 54.8 Å². The fourth-order valence-corrected chi connectivity index (χ4v) is 5.76. The third-order valence-electron chi connectivity index (χ3n) is 8.24. The molecule has 10 heteroatoms. The molecule has 0 spiro atoms. The van der Waals surface area contributed by atoms with E-state index in [1.54, 1.807) is 4.90 Å². The number of anilines is 1. The van der Waals surface area contributed by atoms with Gasteiger partial charge >= 0.3 is 12.2 Å². The molecular weight excluding hydrogens is 524 g/mol. The number of carbonyl (C=O) groups is 3. The second-order valence-electron chi connectivity index (χ2n) is 11.2. The zero-order chi connectivity index (χ0) is 29.5. The maximum atomic E-state index is 13.4. The number of methoxy groups -OCH3 is 1. The lowest BCUT2D eigenvalue weighted by Crippen LogP contribution is -2.53. The van der Waals surface area contributed by atoms with E-state index >= 15 is 0 Å². The van der Waals surface area contributed by atoms with E-state index in [9.17, 15) is 19.5 Å². The number of benzene rings is 2. The van der Waals surface area contributed by atoms with E-state index in [1.807, 2.05) is 44.3 Å². The summed E-state index contributed by atoms with van der Waals surface area (Å²) in [5.41, 5.74) is 4.12. The Hall–Kier alpha value is -3.79. The minimum Gasteiger partial charge on any atom is -0.490 e. The number of amides is 3. The van der Waals surface area contributed by atoms with Crippen molar-refractivity contribution in [2.24, 2.45) is 5.92 Å². The van der Waals surface area contributed by atoms with E-state index in [0.29, 0.717) is 26.2 Å². The molecule has 222 valence electrons. The molecule has 4 rings (SSSR count). The number of piperazine rings is 1. The summed E-state index contributed by atoms with van der Waals surface area (Å²) < 4.78 is 10.8. The van der Waals surface area contributed by atoms with Gasteiger partial charge in [-0.1, -0.05) is 18.2 Å². The fourth-order valence-electron chi connectivity index (χ4n) is 5.76. The molecule has 10 nitrogen and oxygen atoms in total. The molecule has 2 aromatic rings. The molecule has 2 fully saturated rings. The average molecular weight is 567 g/mol. The normalized spacial score (nSPS) is 21.2. The van der Waals surface area contributed by atoms with Crippen LogP contribution < -0.4 is 15.0 Å². The highest BCUT2D eigenvalue weighted by atomic mass is 16.5. The number of alkyl carbamates (subject to hydrolysis) is 1. The Balaban J connectivity index is 1.27. The average Bonchev–Trinajstić information content (AvgIpc) is 2.96. The lowest BCUT2D eigenvalue weighted by molar-refractivity contribution is -0.123. The summed E-state index contributed by atoms with van der Waals surface area (Å²) in [4.78, 5) is 41.6. The van der Waals surface area contributed by atoms with E-state index in [1.165, 1.54) is 17.6 Å². The Morgan fingerprint density at radius 1 is 1.07 bits per heavy atom. The molecule has 2 aliphatic rings. The Morgan fingerprint density at radius 2 is 1.83 bits per heavy atom.